The van der Waals surface area contributed by atoms with Gasteiger partial charge >= 0.3 is 11.8 Å². The van der Waals surface area contributed by atoms with E-state index >= 15 is 0 Å². The highest BCUT2D eigenvalue weighted by Crippen LogP contribution is 2.08. The second kappa shape index (κ2) is 5.39. The lowest BCUT2D eigenvalue weighted by Gasteiger charge is -1.98. The maximum absolute atomic E-state index is 11.7. The van der Waals surface area contributed by atoms with Crippen molar-refractivity contribution in [3.05, 3.63) is 59.0 Å². The number of nitrogens with one attached hydrogen (secondary N) is 1. The van der Waals surface area contributed by atoms with Gasteiger partial charge in [0, 0.05) is 0 Å². The molecule has 0 radical (unpaired) electrons. The number of furan rings is 1. The Bertz CT molecular complexity index is 629. The molecule has 19 heavy (non-hydrogen) atoms. The fourth-order valence-corrected chi connectivity index (χ4v) is 1.62. The molecule has 0 fully saturated rings. The Morgan fingerprint density at radius 1 is 1.32 bits per heavy atom. The summed E-state index contributed by atoms with van der Waals surface area (Å²) in [4.78, 5) is 16.6. The molecule has 0 aliphatic heterocycles. The highest BCUT2D eigenvalue weighted by atomic mass is 16.7. The molecule has 5 heteroatoms. The van der Waals surface area contributed by atoms with E-state index in [2.05, 4.69) is 5.16 Å². The van der Waals surface area contributed by atoms with Crippen molar-refractivity contribution in [1.82, 2.24) is 0 Å². The summed E-state index contributed by atoms with van der Waals surface area (Å²) in [7, 11) is 0. The smallest absolute Gasteiger partial charge is 0.391 e. The Morgan fingerprint density at radius 2 is 2.11 bits per heavy atom. The molecule has 0 unspecified atom stereocenters. The Hall–Kier alpha value is -2.56. The second-order valence-corrected chi connectivity index (χ2v) is 4.17. The number of nitrogens with two attached hydrogens (primary N) is 1. The fraction of sp³-hybridized carbons (Fsp3) is 0.143. The lowest BCUT2D eigenvalue weighted by atomic mass is 10.1. The number of nitrogen functional groups attached to an aromatic ring is 1. The van der Waals surface area contributed by atoms with Gasteiger partial charge in [-0.3, -0.25) is 10.6 Å². The predicted molar refractivity (Wildman–Crippen MR) is 69.3 cm³/mol. The third-order valence-corrected chi connectivity index (χ3v) is 2.66. The van der Waals surface area contributed by atoms with Crippen LogP contribution in [0.5, 0.6) is 0 Å². The number of hydrogen-bond donors (Lipinski definition) is 2. The molecule has 1 aromatic heterocycles. The maximum Gasteiger partial charge on any atom is 0.391 e. The van der Waals surface area contributed by atoms with Gasteiger partial charge in [-0.15, -0.1) is 0 Å². The van der Waals surface area contributed by atoms with Crippen LogP contribution in [0.15, 0.2) is 41.0 Å². The van der Waals surface area contributed by atoms with Crippen molar-refractivity contribution in [2.24, 2.45) is 5.73 Å². The number of benzene rings is 1. The lowest BCUT2D eigenvalue weighted by molar-refractivity contribution is -0.721. The summed E-state index contributed by atoms with van der Waals surface area (Å²) in [6.45, 7) is 3.64. The molecule has 5 nitrogen and oxygen atoms in total. The van der Waals surface area contributed by atoms with Crippen molar-refractivity contribution in [2.75, 3.05) is 0 Å². The van der Waals surface area contributed by atoms with Crippen LogP contribution in [0.3, 0.4) is 0 Å². The van der Waals surface area contributed by atoms with Crippen LogP contribution in [0, 0.1) is 13.8 Å². The van der Waals surface area contributed by atoms with Crippen LogP contribution < -0.4 is 10.9 Å². The largest absolute Gasteiger partial charge is 0.469 e. The minimum Gasteiger partial charge on any atom is -0.469 e. The van der Waals surface area contributed by atoms with E-state index in [-0.39, 0.29) is 5.84 Å². The first-order chi connectivity index (χ1) is 9.08. The van der Waals surface area contributed by atoms with Gasteiger partial charge in [-0.2, -0.15) is 0 Å². The van der Waals surface area contributed by atoms with Gasteiger partial charge in [-0.05, 0) is 32.0 Å². The van der Waals surface area contributed by atoms with Crippen molar-refractivity contribution in [3.63, 3.8) is 0 Å². The molecule has 2 rings (SSSR count). The molecule has 0 bridgehead atoms. The third kappa shape index (κ3) is 3.01. The summed E-state index contributed by atoms with van der Waals surface area (Å²) >= 11 is 0. The molecule has 0 atom stereocenters. The van der Waals surface area contributed by atoms with Crippen LogP contribution in [0.2, 0.25) is 0 Å². The Labute approximate surface area is 110 Å². The van der Waals surface area contributed by atoms with Crippen LogP contribution >= 0.6 is 0 Å². The van der Waals surface area contributed by atoms with Crippen molar-refractivity contribution in [1.29, 1.82) is 0 Å². The van der Waals surface area contributed by atoms with E-state index in [1.165, 1.54) is 6.26 Å². The Morgan fingerprint density at radius 3 is 2.74 bits per heavy atom. The first-order valence-corrected chi connectivity index (χ1v) is 5.78. The molecule has 3 N–H and O–H groups in total. The maximum atomic E-state index is 11.7. The number of carbonyl (C=O) groups excluding carboxylic acids is 1. The molecule has 98 valence electrons. The zero-order valence-corrected chi connectivity index (χ0v) is 10.8. The molecule has 0 amide bonds. The molecular formula is C14H15N2O3+. The van der Waals surface area contributed by atoms with Crippen LogP contribution in [-0.4, -0.2) is 11.8 Å². The molecule has 1 aromatic carbocycles. The van der Waals surface area contributed by atoms with E-state index in [0.29, 0.717) is 11.3 Å². The van der Waals surface area contributed by atoms with Gasteiger partial charge in [0.15, 0.2) is 0 Å². The first-order valence-electron chi connectivity index (χ1n) is 5.78. The van der Waals surface area contributed by atoms with Crippen LogP contribution in [0.25, 0.3) is 0 Å². The van der Waals surface area contributed by atoms with Crippen molar-refractivity contribution < 1.29 is 19.2 Å². The van der Waals surface area contributed by atoms with Gasteiger partial charge in [0.1, 0.15) is 11.3 Å². The Kier molecular flexibility index (Phi) is 3.66. The molecule has 2 aromatic rings. The summed E-state index contributed by atoms with van der Waals surface area (Å²) in [5.74, 6) is 0.237. The summed E-state index contributed by atoms with van der Waals surface area (Å²) in [6, 6.07) is 9.09. The van der Waals surface area contributed by atoms with E-state index in [0.717, 1.165) is 11.1 Å². The second-order valence-electron chi connectivity index (χ2n) is 4.17. The van der Waals surface area contributed by atoms with E-state index in [1.807, 2.05) is 31.2 Å². The molecule has 0 spiro atoms. The van der Waals surface area contributed by atoms with E-state index in [1.54, 1.807) is 13.0 Å². The number of hydrogen-bond acceptors (Lipinski definition) is 3. The average molecular weight is 259 g/mol. The average Bonchev–Trinajstić information content (AvgIpc) is 2.82. The number of rotatable bonds is 3. The zero-order chi connectivity index (χ0) is 13.8. The minimum absolute atomic E-state index is 0.276. The molecule has 0 aliphatic carbocycles. The zero-order valence-electron chi connectivity index (χ0n) is 10.8. The van der Waals surface area contributed by atoms with E-state index in [4.69, 9.17) is 15.0 Å². The summed E-state index contributed by atoms with van der Waals surface area (Å²) in [5, 5.41) is 2.44. The topological polar surface area (TPSA) is 79.4 Å². The highest BCUT2D eigenvalue weighted by Gasteiger charge is 2.15. The molecular weight excluding hydrogens is 244 g/mol. The third-order valence-electron chi connectivity index (χ3n) is 2.66. The van der Waals surface area contributed by atoms with Gasteiger partial charge in [-0.25, -0.2) is 4.79 Å². The van der Waals surface area contributed by atoms with Gasteiger partial charge in [0.05, 0.1) is 11.8 Å². The predicted octanol–water partition coefficient (Wildman–Crippen LogP) is 0.454. The molecule has 0 saturated carbocycles. The molecule has 1 heterocycles. The molecule has 0 saturated heterocycles. The van der Waals surface area contributed by atoms with Gasteiger partial charge in [0.25, 0.3) is 0 Å². The normalized spacial score (nSPS) is 11.4. The quantitative estimate of drug-likeness (QED) is 0.363. The van der Waals surface area contributed by atoms with Crippen molar-refractivity contribution in [2.45, 2.75) is 13.8 Å². The van der Waals surface area contributed by atoms with Gasteiger partial charge < -0.3 is 4.42 Å². The van der Waals surface area contributed by atoms with Crippen molar-refractivity contribution >= 4 is 11.8 Å². The SMILES string of the molecule is Cc1cccc(C(N)=[NH+]OC(=O)c2ccoc2C)c1. The number of carbonyl (C=O) groups is 1. The monoisotopic (exact) mass is 259 g/mol. The van der Waals surface area contributed by atoms with Crippen LogP contribution in [0.4, 0.5) is 0 Å². The number of amidine groups is 1. The standard InChI is InChI=1S/C14H14N2O3/c1-9-4-3-5-11(8-9)13(15)16-19-14(17)12-6-7-18-10(12)2/h3-8H,1-2H3,(H2,15,16)/p+1. The van der Waals surface area contributed by atoms with Crippen LogP contribution in [-0.2, 0) is 4.84 Å². The van der Waals surface area contributed by atoms with Crippen molar-refractivity contribution in [3.8, 4) is 0 Å². The van der Waals surface area contributed by atoms with Crippen LogP contribution in [0.1, 0.15) is 27.2 Å². The summed E-state index contributed by atoms with van der Waals surface area (Å²) in [5.41, 5.74) is 8.00. The highest BCUT2D eigenvalue weighted by molar-refractivity contribution is 5.93. The summed E-state index contributed by atoms with van der Waals surface area (Å²) < 4.78 is 5.03. The van der Waals surface area contributed by atoms with E-state index in [9.17, 15) is 4.79 Å². The summed E-state index contributed by atoms with van der Waals surface area (Å²) in [6.07, 6.45) is 1.43. The van der Waals surface area contributed by atoms with Gasteiger partial charge in [-0.1, -0.05) is 22.9 Å². The minimum atomic E-state index is -0.540. The van der Waals surface area contributed by atoms with Gasteiger partial charge in [0.2, 0.25) is 0 Å². The molecule has 0 aliphatic rings. The number of aryl methyl sites for hydroxylation is 2. The lowest BCUT2D eigenvalue weighted by Crippen LogP contribution is -2.75. The van der Waals surface area contributed by atoms with E-state index < -0.39 is 5.97 Å². The fourth-order valence-electron chi connectivity index (χ4n) is 1.62. The Balaban J connectivity index is 2.11. The first kappa shape index (κ1) is 12.9.